The first-order valence-corrected chi connectivity index (χ1v) is 7.33. The third-order valence-corrected chi connectivity index (χ3v) is 3.56. The number of benzene rings is 1. The van der Waals surface area contributed by atoms with E-state index in [0.29, 0.717) is 6.04 Å². The minimum atomic E-state index is 0.0217. The Bertz CT molecular complexity index is 526. The van der Waals surface area contributed by atoms with Crippen molar-refractivity contribution in [2.45, 2.75) is 52.1 Å². The highest BCUT2D eigenvalue weighted by Crippen LogP contribution is 2.21. The number of nitrogens with zero attached hydrogens (tertiary/aromatic N) is 2. The maximum Gasteiger partial charge on any atom is 0.203 e. The van der Waals surface area contributed by atoms with Crippen LogP contribution in [0.15, 0.2) is 42.7 Å². The Morgan fingerprint density at radius 3 is 2.55 bits per heavy atom. The van der Waals surface area contributed by atoms with E-state index in [0.717, 1.165) is 18.8 Å². The Hall–Kier alpha value is -1.77. The monoisotopic (exact) mass is 271 g/mol. The van der Waals surface area contributed by atoms with Crippen molar-refractivity contribution in [1.29, 1.82) is 0 Å². The van der Waals surface area contributed by atoms with Gasteiger partial charge in [-0.15, -0.1) is 0 Å². The van der Waals surface area contributed by atoms with E-state index in [4.69, 9.17) is 0 Å². The van der Waals surface area contributed by atoms with Gasteiger partial charge in [0.1, 0.15) is 0 Å². The smallest absolute Gasteiger partial charge is 0.203 e. The molecule has 3 nitrogen and oxygen atoms in total. The SMILES string of the molecule is CC(C)n1ccnc1NC(C)(C)CCc1ccccc1. The van der Waals surface area contributed by atoms with Gasteiger partial charge in [0.25, 0.3) is 0 Å². The number of aryl methyl sites for hydroxylation is 1. The number of hydrogen-bond acceptors (Lipinski definition) is 2. The summed E-state index contributed by atoms with van der Waals surface area (Å²) in [6.45, 7) is 8.80. The van der Waals surface area contributed by atoms with Gasteiger partial charge in [0, 0.05) is 24.0 Å². The van der Waals surface area contributed by atoms with Crippen molar-refractivity contribution >= 4 is 5.95 Å². The van der Waals surface area contributed by atoms with Gasteiger partial charge in [-0.2, -0.15) is 0 Å². The molecular weight excluding hydrogens is 246 g/mol. The van der Waals surface area contributed by atoms with Crippen LogP contribution in [-0.4, -0.2) is 15.1 Å². The van der Waals surface area contributed by atoms with Crippen LogP contribution in [0.1, 0.15) is 45.7 Å². The molecule has 20 heavy (non-hydrogen) atoms. The fourth-order valence-corrected chi connectivity index (χ4v) is 2.29. The van der Waals surface area contributed by atoms with E-state index in [1.807, 2.05) is 12.4 Å². The van der Waals surface area contributed by atoms with Crippen molar-refractivity contribution in [3.63, 3.8) is 0 Å². The lowest BCUT2D eigenvalue weighted by Crippen LogP contribution is -2.33. The highest BCUT2D eigenvalue weighted by atomic mass is 15.2. The van der Waals surface area contributed by atoms with Crippen LogP contribution in [0.3, 0.4) is 0 Å². The van der Waals surface area contributed by atoms with Gasteiger partial charge in [0.2, 0.25) is 5.95 Å². The molecule has 0 bridgehead atoms. The third-order valence-electron chi connectivity index (χ3n) is 3.56. The van der Waals surface area contributed by atoms with Crippen LogP contribution in [-0.2, 0) is 6.42 Å². The molecule has 1 aromatic heterocycles. The molecular formula is C17H25N3. The van der Waals surface area contributed by atoms with Crippen molar-refractivity contribution in [3.05, 3.63) is 48.3 Å². The predicted octanol–water partition coefficient (Wildman–Crippen LogP) is 4.29. The van der Waals surface area contributed by atoms with Gasteiger partial charge < -0.3 is 9.88 Å². The molecule has 1 heterocycles. The lowest BCUT2D eigenvalue weighted by Gasteiger charge is -2.28. The molecule has 2 rings (SSSR count). The summed E-state index contributed by atoms with van der Waals surface area (Å²) in [5.41, 5.74) is 1.41. The molecule has 0 aliphatic heterocycles. The zero-order valence-electron chi connectivity index (χ0n) is 12.9. The lowest BCUT2D eigenvalue weighted by atomic mass is 9.95. The van der Waals surface area contributed by atoms with Gasteiger partial charge >= 0.3 is 0 Å². The molecule has 0 aliphatic carbocycles. The average molecular weight is 271 g/mol. The quantitative estimate of drug-likeness (QED) is 0.849. The van der Waals surface area contributed by atoms with Crippen LogP contribution < -0.4 is 5.32 Å². The summed E-state index contributed by atoms with van der Waals surface area (Å²) < 4.78 is 2.17. The maximum absolute atomic E-state index is 4.43. The first-order valence-electron chi connectivity index (χ1n) is 7.33. The summed E-state index contributed by atoms with van der Waals surface area (Å²) >= 11 is 0. The Labute approximate surface area is 122 Å². The van der Waals surface area contributed by atoms with E-state index in [-0.39, 0.29) is 5.54 Å². The molecule has 0 fully saturated rings. The van der Waals surface area contributed by atoms with Gasteiger partial charge in [-0.3, -0.25) is 0 Å². The number of aromatic nitrogens is 2. The normalized spacial score (nSPS) is 11.8. The van der Waals surface area contributed by atoms with Gasteiger partial charge in [-0.1, -0.05) is 30.3 Å². The third kappa shape index (κ3) is 3.86. The minimum absolute atomic E-state index is 0.0217. The Kier molecular flexibility index (Phi) is 4.48. The zero-order valence-corrected chi connectivity index (χ0v) is 12.9. The van der Waals surface area contributed by atoms with Gasteiger partial charge in [-0.05, 0) is 46.1 Å². The van der Waals surface area contributed by atoms with E-state index >= 15 is 0 Å². The zero-order chi connectivity index (χ0) is 14.6. The molecule has 0 atom stereocenters. The number of nitrogens with one attached hydrogen (secondary N) is 1. The molecule has 0 saturated heterocycles. The van der Waals surface area contributed by atoms with E-state index in [2.05, 4.69) is 72.9 Å². The average Bonchev–Trinajstić information content (AvgIpc) is 2.85. The van der Waals surface area contributed by atoms with Crippen molar-refractivity contribution in [3.8, 4) is 0 Å². The van der Waals surface area contributed by atoms with E-state index in [1.54, 1.807) is 0 Å². The molecule has 0 spiro atoms. The second kappa shape index (κ2) is 6.12. The highest BCUT2D eigenvalue weighted by Gasteiger charge is 2.20. The van der Waals surface area contributed by atoms with Crippen LogP contribution in [0.4, 0.5) is 5.95 Å². The Morgan fingerprint density at radius 1 is 1.20 bits per heavy atom. The van der Waals surface area contributed by atoms with Gasteiger partial charge in [-0.25, -0.2) is 4.98 Å². The Morgan fingerprint density at radius 2 is 1.90 bits per heavy atom. The summed E-state index contributed by atoms with van der Waals surface area (Å²) in [5.74, 6) is 0.957. The molecule has 1 aromatic carbocycles. The van der Waals surface area contributed by atoms with E-state index < -0.39 is 0 Å². The van der Waals surface area contributed by atoms with Crippen LogP contribution in [0.5, 0.6) is 0 Å². The molecule has 0 aliphatic rings. The molecule has 2 aromatic rings. The van der Waals surface area contributed by atoms with Gasteiger partial charge in [0.05, 0.1) is 0 Å². The van der Waals surface area contributed by atoms with Crippen molar-refractivity contribution in [1.82, 2.24) is 9.55 Å². The summed E-state index contributed by atoms with van der Waals surface area (Å²) in [6.07, 6.45) is 6.03. The maximum atomic E-state index is 4.43. The molecule has 3 heteroatoms. The van der Waals surface area contributed by atoms with Gasteiger partial charge in [0.15, 0.2) is 0 Å². The predicted molar refractivity (Wildman–Crippen MR) is 85.1 cm³/mol. The molecule has 1 N–H and O–H groups in total. The molecule has 0 radical (unpaired) electrons. The summed E-state index contributed by atoms with van der Waals surface area (Å²) in [5, 5.41) is 3.57. The second-order valence-electron chi connectivity index (χ2n) is 6.25. The van der Waals surface area contributed by atoms with Crippen LogP contribution in [0.2, 0.25) is 0 Å². The van der Waals surface area contributed by atoms with E-state index in [1.165, 1.54) is 5.56 Å². The molecule has 0 saturated carbocycles. The summed E-state index contributed by atoms with van der Waals surface area (Å²) in [6, 6.07) is 11.1. The second-order valence-corrected chi connectivity index (χ2v) is 6.25. The summed E-state index contributed by atoms with van der Waals surface area (Å²) in [4.78, 5) is 4.43. The van der Waals surface area contributed by atoms with Crippen molar-refractivity contribution < 1.29 is 0 Å². The van der Waals surface area contributed by atoms with Crippen LogP contribution >= 0.6 is 0 Å². The highest BCUT2D eigenvalue weighted by molar-refractivity contribution is 5.31. The first kappa shape index (κ1) is 14.6. The fraction of sp³-hybridized carbons (Fsp3) is 0.471. The molecule has 108 valence electrons. The van der Waals surface area contributed by atoms with Crippen molar-refractivity contribution in [2.24, 2.45) is 0 Å². The number of imidazole rings is 1. The van der Waals surface area contributed by atoms with Crippen molar-refractivity contribution in [2.75, 3.05) is 5.32 Å². The number of hydrogen-bond donors (Lipinski definition) is 1. The molecule has 0 unspecified atom stereocenters. The fourth-order valence-electron chi connectivity index (χ4n) is 2.29. The minimum Gasteiger partial charge on any atom is -0.351 e. The van der Waals surface area contributed by atoms with Crippen LogP contribution in [0.25, 0.3) is 0 Å². The van der Waals surface area contributed by atoms with Crippen LogP contribution in [0, 0.1) is 0 Å². The number of rotatable bonds is 6. The standard InChI is InChI=1S/C17H25N3/c1-14(2)20-13-12-18-16(20)19-17(3,4)11-10-15-8-6-5-7-9-15/h5-9,12-14H,10-11H2,1-4H3,(H,18,19). The topological polar surface area (TPSA) is 29.9 Å². The molecule has 0 amide bonds. The summed E-state index contributed by atoms with van der Waals surface area (Å²) in [7, 11) is 0. The number of anilines is 1. The first-order chi connectivity index (χ1) is 9.48. The Balaban J connectivity index is 1.98. The largest absolute Gasteiger partial charge is 0.351 e. The van der Waals surface area contributed by atoms with E-state index in [9.17, 15) is 0 Å². The lowest BCUT2D eigenvalue weighted by molar-refractivity contribution is 0.502.